The van der Waals surface area contributed by atoms with Crippen LogP contribution in [0.3, 0.4) is 0 Å². The van der Waals surface area contributed by atoms with Gasteiger partial charge in [0.1, 0.15) is 0 Å². The van der Waals surface area contributed by atoms with Gasteiger partial charge in [0.2, 0.25) is 0 Å². The van der Waals surface area contributed by atoms with Gasteiger partial charge in [-0.3, -0.25) is 4.98 Å². The first kappa shape index (κ1) is 14.3. The predicted molar refractivity (Wildman–Crippen MR) is 67.8 cm³/mol. The lowest BCUT2D eigenvalue weighted by molar-refractivity contribution is 0.506. The van der Waals surface area contributed by atoms with Gasteiger partial charge in [-0.15, -0.1) is 0 Å². The summed E-state index contributed by atoms with van der Waals surface area (Å²) in [4.78, 5) is 4.05. The van der Waals surface area contributed by atoms with Crippen LogP contribution in [0.4, 0.5) is 8.78 Å². The van der Waals surface area contributed by atoms with Crippen LogP contribution >= 0.6 is 0 Å². The second kappa shape index (κ2) is 6.21. The maximum atomic E-state index is 13.2. The lowest BCUT2D eigenvalue weighted by Gasteiger charge is -2.15. The summed E-state index contributed by atoms with van der Waals surface area (Å²) < 4.78 is 26.1. The van der Waals surface area contributed by atoms with Gasteiger partial charge in [0.15, 0.2) is 11.6 Å². The van der Waals surface area contributed by atoms with Crippen molar-refractivity contribution in [1.29, 1.82) is 0 Å². The summed E-state index contributed by atoms with van der Waals surface area (Å²) in [5, 5.41) is 0. The highest BCUT2D eigenvalue weighted by Gasteiger charge is 2.14. The summed E-state index contributed by atoms with van der Waals surface area (Å²) in [6.45, 7) is 2.01. The molecule has 1 aromatic heterocycles. The molecule has 96 valence electrons. The molecular formula is C14H16F2N2. The highest BCUT2D eigenvalue weighted by molar-refractivity contribution is 5.31. The molecule has 0 radical (unpaired) electrons. The van der Waals surface area contributed by atoms with E-state index in [0.29, 0.717) is 0 Å². The molecule has 0 aliphatic carbocycles. The summed E-state index contributed by atoms with van der Waals surface area (Å²) in [5.74, 6) is -1.56. The van der Waals surface area contributed by atoms with Crippen molar-refractivity contribution in [3.63, 3.8) is 0 Å². The minimum atomic E-state index is -0.810. The van der Waals surface area contributed by atoms with E-state index in [2.05, 4.69) is 4.98 Å². The second-order valence-corrected chi connectivity index (χ2v) is 3.92. The van der Waals surface area contributed by atoms with Crippen LogP contribution in [-0.4, -0.2) is 4.98 Å². The zero-order chi connectivity index (χ0) is 12.3. The molecule has 1 unspecified atom stereocenters. The van der Waals surface area contributed by atoms with Crippen molar-refractivity contribution in [2.75, 3.05) is 0 Å². The number of pyridine rings is 1. The molecule has 18 heavy (non-hydrogen) atoms. The summed E-state index contributed by atoms with van der Waals surface area (Å²) >= 11 is 0. The number of nitrogens with zero attached hydrogens (tertiary/aromatic N) is 1. The second-order valence-electron chi connectivity index (χ2n) is 3.92. The molecule has 1 atom stereocenters. The summed E-state index contributed by atoms with van der Waals surface area (Å²) in [6, 6.07) is 7.85. The quantitative estimate of drug-likeness (QED) is 0.892. The molecular weight excluding hydrogens is 234 g/mol. The smallest absolute Gasteiger partial charge is 0.159 e. The Hall–Kier alpha value is -1.81. The van der Waals surface area contributed by atoms with Crippen LogP contribution in [0, 0.1) is 11.6 Å². The fourth-order valence-electron chi connectivity index (χ4n) is 1.98. The van der Waals surface area contributed by atoms with Gasteiger partial charge >= 0.3 is 0 Å². The molecule has 4 heteroatoms. The molecule has 3 N–H and O–H groups in total. The Kier molecular flexibility index (Phi) is 4.92. The molecule has 0 aliphatic heterocycles. The molecule has 1 aromatic carbocycles. The van der Waals surface area contributed by atoms with Crippen molar-refractivity contribution in [2.45, 2.75) is 19.3 Å². The molecule has 2 aromatic rings. The fourth-order valence-corrected chi connectivity index (χ4v) is 1.98. The third-order valence-electron chi connectivity index (χ3n) is 2.84. The van der Waals surface area contributed by atoms with E-state index in [-0.39, 0.29) is 12.1 Å². The largest absolute Gasteiger partial charge is 0.344 e. The van der Waals surface area contributed by atoms with Gasteiger partial charge in [0.25, 0.3) is 0 Å². The van der Waals surface area contributed by atoms with Crippen LogP contribution in [0.15, 0.2) is 42.7 Å². The summed E-state index contributed by atoms with van der Waals surface area (Å²) in [6.07, 6.45) is 4.27. The van der Waals surface area contributed by atoms with Gasteiger partial charge in [0.05, 0.1) is 0 Å². The Labute approximate surface area is 105 Å². The van der Waals surface area contributed by atoms with E-state index in [0.717, 1.165) is 17.5 Å². The first-order valence-corrected chi connectivity index (χ1v) is 5.57. The van der Waals surface area contributed by atoms with Crippen molar-refractivity contribution in [3.05, 3.63) is 65.5 Å². The minimum absolute atomic E-state index is 0. The van der Waals surface area contributed by atoms with Gasteiger partial charge in [-0.1, -0.05) is 19.1 Å². The zero-order valence-electron chi connectivity index (χ0n) is 10.2. The molecule has 0 aliphatic rings. The van der Waals surface area contributed by atoms with Crippen LogP contribution in [0.5, 0.6) is 0 Å². The third-order valence-corrected chi connectivity index (χ3v) is 2.84. The Morgan fingerprint density at radius 3 is 2.44 bits per heavy atom. The van der Waals surface area contributed by atoms with Crippen molar-refractivity contribution in [2.24, 2.45) is 0 Å². The van der Waals surface area contributed by atoms with Gasteiger partial charge in [0, 0.05) is 18.3 Å². The molecule has 0 amide bonds. The number of aromatic nitrogens is 1. The van der Waals surface area contributed by atoms with E-state index in [9.17, 15) is 8.78 Å². The third kappa shape index (κ3) is 2.90. The van der Waals surface area contributed by atoms with Crippen molar-refractivity contribution >= 4 is 0 Å². The number of benzene rings is 1. The lowest BCUT2D eigenvalue weighted by Crippen LogP contribution is -2.01. The Morgan fingerprint density at radius 2 is 1.89 bits per heavy atom. The standard InChI is InChI=1S/C14H13F2N.H3N/c1-2-12(11-4-3-7-17-9-11)10-5-6-13(15)14(16)8-10;/h3-9,12H,2H2,1H3;1H3. The van der Waals surface area contributed by atoms with Crippen LogP contribution in [0.2, 0.25) is 0 Å². The molecule has 0 fully saturated rings. The Balaban J connectivity index is 0.00000162. The summed E-state index contributed by atoms with van der Waals surface area (Å²) in [7, 11) is 0. The topological polar surface area (TPSA) is 47.9 Å². The first-order valence-electron chi connectivity index (χ1n) is 5.57. The van der Waals surface area contributed by atoms with Gasteiger partial charge in [-0.2, -0.15) is 0 Å². The summed E-state index contributed by atoms with van der Waals surface area (Å²) in [5.41, 5.74) is 1.79. The lowest BCUT2D eigenvalue weighted by atomic mass is 9.90. The molecule has 1 heterocycles. The van der Waals surface area contributed by atoms with Gasteiger partial charge in [-0.25, -0.2) is 8.78 Å². The van der Waals surface area contributed by atoms with Crippen LogP contribution in [-0.2, 0) is 0 Å². The molecule has 0 bridgehead atoms. The van der Waals surface area contributed by atoms with E-state index in [1.807, 2.05) is 19.1 Å². The monoisotopic (exact) mass is 250 g/mol. The van der Waals surface area contributed by atoms with E-state index in [1.54, 1.807) is 18.5 Å². The van der Waals surface area contributed by atoms with Crippen molar-refractivity contribution in [3.8, 4) is 0 Å². The highest BCUT2D eigenvalue weighted by Crippen LogP contribution is 2.28. The maximum Gasteiger partial charge on any atom is 0.159 e. The number of hydrogen-bond acceptors (Lipinski definition) is 2. The zero-order valence-corrected chi connectivity index (χ0v) is 10.2. The van der Waals surface area contributed by atoms with Gasteiger partial charge in [-0.05, 0) is 35.7 Å². The van der Waals surface area contributed by atoms with Crippen LogP contribution in [0.1, 0.15) is 30.4 Å². The van der Waals surface area contributed by atoms with Crippen molar-refractivity contribution < 1.29 is 8.78 Å². The van der Waals surface area contributed by atoms with E-state index < -0.39 is 11.6 Å². The Morgan fingerprint density at radius 1 is 1.11 bits per heavy atom. The Bertz CT molecular complexity index is 500. The van der Waals surface area contributed by atoms with E-state index in [4.69, 9.17) is 0 Å². The van der Waals surface area contributed by atoms with E-state index >= 15 is 0 Å². The average molecular weight is 250 g/mol. The van der Waals surface area contributed by atoms with Crippen LogP contribution < -0.4 is 6.15 Å². The highest BCUT2D eigenvalue weighted by atomic mass is 19.2. The minimum Gasteiger partial charge on any atom is -0.344 e. The van der Waals surface area contributed by atoms with Crippen molar-refractivity contribution in [1.82, 2.24) is 11.1 Å². The van der Waals surface area contributed by atoms with E-state index in [1.165, 1.54) is 12.1 Å². The maximum absolute atomic E-state index is 13.2. The molecule has 0 saturated heterocycles. The molecule has 2 rings (SSSR count). The van der Waals surface area contributed by atoms with Crippen LogP contribution in [0.25, 0.3) is 0 Å². The van der Waals surface area contributed by atoms with Gasteiger partial charge < -0.3 is 6.15 Å². The number of rotatable bonds is 3. The normalized spacial score (nSPS) is 11.7. The molecule has 2 nitrogen and oxygen atoms in total. The SMILES string of the molecule is CCC(c1cccnc1)c1ccc(F)c(F)c1.N. The predicted octanol–water partition coefficient (Wildman–Crippen LogP) is 4.06. The number of hydrogen-bond donors (Lipinski definition) is 1. The molecule has 0 saturated carbocycles. The molecule has 0 spiro atoms. The first-order chi connectivity index (χ1) is 8.22. The fraction of sp³-hybridized carbons (Fsp3) is 0.214. The number of halogens is 2. The average Bonchev–Trinajstić information content (AvgIpc) is 2.36.